The standard InChI is InChI=1S/C23H31N7O4S/c1-15(2)34-19(20-25-12-16(3)13-26-20)17(4)35(31,32)29-22-28-27-21(18-8-6-7-11-24-18)30(22)23(9-10-23)14-33-5/h6-8,11-13,15,17,19H,9-10,14H2,1-5H3,(H,28,29). The van der Waals surface area contributed by atoms with Gasteiger partial charge in [0.05, 0.1) is 18.2 Å². The number of hydrogen-bond acceptors (Lipinski definition) is 9. The summed E-state index contributed by atoms with van der Waals surface area (Å²) in [4.78, 5) is 13.0. The van der Waals surface area contributed by atoms with Crippen LogP contribution in [-0.2, 0) is 25.0 Å². The average molecular weight is 502 g/mol. The molecule has 0 bridgehead atoms. The maximum atomic E-state index is 13.6. The number of pyridine rings is 1. The molecule has 1 aliphatic rings. The van der Waals surface area contributed by atoms with Crippen LogP contribution in [0.2, 0.25) is 0 Å². The second-order valence-corrected chi connectivity index (χ2v) is 11.2. The Kier molecular flexibility index (Phi) is 7.15. The SMILES string of the molecule is COCC1(n2c(NS(=O)(=O)C(C)C(OC(C)C)c3ncc(C)cn3)nnc2-c2ccccn2)CC1. The Hall–Kier alpha value is -2.96. The predicted molar refractivity (Wildman–Crippen MR) is 130 cm³/mol. The van der Waals surface area contributed by atoms with E-state index in [2.05, 4.69) is 29.9 Å². The van der Waals surface area contributed by atoms with E-state index in [-0.39, 0.29) is 12.1 Å². The summed E-state index contributed by atoms with van der Waals surface area (Å²) in [5.41, 5.74) is 1.02. The summed E-state index contributed by atoms with van der Waals surface area (Å²) in [7, 11) is -2.38. The first-order chi connectivity index (χ1) is 16.7. The molecule has 3 aromatic rings. The van der Waals surface area contributed by atoms with E-state index in [1.54, 1.807) is 43.3 Å². The second-order valence-electron chi connectivity index (χ2n) is 9.13. The molecule has 35 heavy (non-hydrogen) atoms. The van der Waals surface area contributed by atoms with Crippen molar-refractivity contribution in [2.45, 2.75) is 63.5 Å². The molecule has 12 heteroatoms. The lowest BCUT2D eigenvalue weighted by atomic mass is 10.2. The van der Waals surface area contributed by atoms with Crippen LogP contribution in [0.1, 0.15) is 51.1 Å². The third kappa shape index (κ3) is 5.34. The van der Waals surface area contributed by atoms with Crippen molar-refractivity contribution in [2.75, 3.05) is 18.4 Å². The topological polar surface area (TPSA) is 134 Å². The molecule has 0 aliphatic heterocycles. The van der Waals surface area contributed by atoms with Gasteiger partial charge >= 0.3 is 0 Å². The lowest BCUT2D eigenvalue weighted by molar-refractivity contribution is 0.00152. The lowest BCUT2D eigenvalue weighted by Gasteiger charge is -2.26. The van der Waals surface area contributed by atoms with Gasteiger partial charge in [-0.1, -0.05) is 6.07 Å². The number of aryl methyl sites for hydroxylation is 1. The maximum absolute atomic E-state index is 13.6. The number of aromatic nitrogens is 6. The lowest BCUT2D eigenvalue weighted by Crippen LogP contribution is -2.36. The Bertz CT molecular complexity index is 1240. The number of ether oxygens (including phenoxy) is 2. The maximum Gasteiger partial charge on any atom is 0.240 e. The van der Waals surface area contributed by atoms with Crippen LogP contribution < -0.4 is 4.72 Å². The largest absolute Gasteiger partial charge is 0.382 e. The van der Waals surface area contributed by atoms with E-state index in [0.717, 1.165) is 18.4 Å². The third-order valence-corrected chi connectivity index (χ3v) is 7.59. The molecule has 0 amide bonds. The molecule has 0 saturated heterocycles. The molecular formula is C23H31N7O4S. The minimum absolute atomic E-state index is 0.111. The van der Waals surface area contributed by atoms with Crippen LogP contribution in [0.4, 0.5) is 5.95 Å². The van der Waals surface area contributed by atoms with Gasteiger partial charge in [-0.15, -0.1) is 10.2 Å². The van der Waals surface area contributed by atoms with Gasteiger partial charge in [0.1, 0.15) is 17.0 Å². The van der Waals surface area contributed by atoms with Crippen molar-refractivity contribution in [2.24, 2.45) is 0 Å². The van der Waals surface area contributed by atoms with Crippen LogP contribution in [0.15, 0.2) is 36.8 Å². The van der Waals surface area contributed by atoms with E-state index in [1.807, 2.05) is 32.9 Å². The molecule has 3 heterocycles. The van der Waals surface area contributed by atoms with E-state index in [4.69, 9.17) is 9.47 Å². The minimum atomic E-state index is -3.99. The van der Waals surface area contributed by atoms with E-state index in [1.165, 1.54) is 0 Å². The summed E-state index contributed by atoms with van der Waals surface area (Å²) in [5.74, 6) is 0.887. The first-order valence-corrected chi connectivity index (χ1v) is 13.0. The van der Waals surface area contributed by atoms with Crippen molar-refractivity contribution in [1.82, 2.24) is 29.7 Å². The quantitative estimate of drug-likeness (QED) is 0.421. The number of nitrogens with zero attached hydrogens (tertiary/aromatic N) is 6. The number of anilines is 1. The van der Waals surface area contributed by atoms with Gasteiger partial charge in [-0.05, 0) is 58.2 Å². The zero-order valence-corrected chi connectivity index (χ0v) is 21.4. The fourth-order valence-electron chi connectivity index (χ4n) is 3.91. The summed E-state index contributed by atoms with van der Waals surface area (Å²) in [5, 5.41) is 7.48. The Morgan fingerprint density at radius 1 is 1.11 bits per heavy atom. The van der Waals surface area contributed by atoms with Crippen LogP contribution in [-0.4, -0.2) is 63.2 Å². The van der Waals surface area contributed by atoms with Crippen molar-refractivity contribution >= 4 is 16.0 Å². The highest BCUT2D eigenvalue weighted by Crippen LogP contribution is 2.47. The van der Waals surface area contributed by atoms with Gasteiger partial charge in [0.2, 0.25) is 16.0 Å². The molecule has 11 nitrogen and oxygen atoms in total. The molecule has 2 unspecified atom stereocenters. The number of sulfonamides is 1. The van der Waals surface area contributed by atoms with Crippen LogP contribution in [0, 0.1) is 6.92 Å². The highest BCUT2D eigenvalue weighted by molar-refractivity contribution is 7.93. The van der Waals surface area contributed by atoms with Gasteiger partial charge in [-0.3, -0.25) is 14.3 Å². The Morgan fingerprint density at radius 3 is 2.40 bits per heavy atom. The normalized spacial score (nSPS) is 16.7. The zero-order chi connectivity index (χ0) is 25.2. The summed E-state index contributed by atoms with van der Waals surface area (Å²) < 4.78 is 43.1. The van der Waals surface area contributed by atoms with Gasteiger partial charge in [-0.25, -0.2) is 18.4 Å². The van der Waals surface area contributed by atoms with Crippen molar-refractivity contribution in [3.63, 3.8) is 0 Å². The van der Waals surface area contributed by atoms with E-state index >= 15 is 0 Å². The number of nitrogens with one attached hydrogen (secondary N) is 1. The average Bonchev–Trinajstić information content (AvgIpc) is 3.48. The van der Waals surface area contributed by atoms with Crippen molar-refractivity contribution in [3.8, 4) is 11.5 Å². The van der Waals surface area contributed by atoms with Crippen LogP contribution in [0.25, 0.3) is 11.5 Å². The summed E-state index contributed by atoms with van der Waals surface area (Å²) >= 11 is 0. The zero-order valence-electron chi connectivity index (χ0n) is 20.5. The molecule has 1 aliphatic carbocycles. The monoisotopic (exact) mass is 501 g/mol. The molecule has 188 valence electrons. The first kappa shape index (κ1) is 25.1. The smallest absolute Gasteiger partial charge is 0.240 e. The Balaban J connectivity index is 1.70. The van der Waals surface area contributed by atoms with Gasteiger partial charge in [0, 0.05) is 25.7 Å². The fourth-order valence-corrected chi connectivity index (χ4v) is 5.00. The predicted octanol–water partition coefficient (Wildman–Crippen LogP) is 2.87. The molecule has 0 aromatic carbocycles. The number of methoxy groups -OCH3 is 1. The molecule has 3 aromatic heterocycles. The number of rotatable bonds is 11. The molecule has 0 radical (unpaired) electrons. The van der Waals surface area contributed by atoms with Crippen molar-refractivity contribution in [3.05, 3.63) is 48.2 Å². The van der Waals surface area contributed by atoms with E-state index in [0.29, 0.717) is 23.9 Å². The molecule has 1 saturated carbocycles. The molecule has 4 rings (SSSR count). The van der Waals surface area contributed by atoms with Gasteiger partial charge < -0.3 is 9.47 Å². The molecular weight excluding hydrogens is 470 g/mol. The van der Waals surface area contributed by atoms with Crippen LogP contribution >= 0.6 is 0 Å². The van der Waals surface area contributed by atoms with E-state index < -0.39 is 26.9 Å². The fraction of sp³-hybridized carbons (Fsp3) is 0.522. The molecule has 2 atom stereocenters. The summed E-state index contributed by atoms with van der Waals surface area (Å²) in [6, 6.07) is 5.46. The molecule has 0 spiro atoms. The minimum Gasteiger partial charge on any atom is -0.382 e. The highest BCUT2D eigenvalue weighted by Gasteiger charge is 2.49. The van der Waals surface area contributed by atoms with Crippen LogP contribution in [0.5, 0.6) is 0 Å². The van der Waals surface area contributed by atoms with Crippen LogP contribution in [0.3, 0.4) is 0 Å². The van der Waals surface area contributed by atoms with Crippen molar-refractivity contribution < 1.29 is 17.9 Å². The molecule has 1 N–H and O–H groups in total. The Morgan fingerprint density at radius 2 is 1.83 bits per heavy atom. The number of hydrogen-bond donors (Lipinski definition) is 1. The Labute approximate surface area is 205 Å². The first-order valence-electron chi connectivity index (χ1n) is 11.5. The summed E-state index contributed by atoms with van der Waals surface area (Å²) in [6.45, 7) is 7.51. The third-order valence-electron chi connectivity index (χ3n) is 5.90. The molecule has 1 fully saturated rings. The summed E-state index contributed by atoms with van der Waals surface area (Å²) in [6.07, 6.45) is 5.43. The van der Waals surface area contributed by atoms with Gasteiger partial charge in [0.25, 0.3) is 0 Å². The van der Waals surface area contributed by atoms with Crippen molar-refractivity contribution in [1.29, 1.82) is 0 Å². The highest BCUT2D eigenvalue weighted by atomic mass is 32.2. The van der Waals surface area contributed by atoms with Gasteiger partial charge in [0.15, 0.2) is 11.6 Å². The van der Waals surface area contributed by atoms with Gasteiger partial charge in [-0.2, -0.15) is 0 Å². The second kappa shape index (κ2) is 9.96. The van der Waals surface area contributed by atoms with E-state index in [9.17, 15) is 8.42 Å².